The maximum atomic E-state index is 11.8. The second-order valence-electron chi connectivity index (χ2n) is 5.83. The molecule has 88 valence electrons. The topological polar surface area (TPSA) is 41.1 Å². The molecule has 0 aliphatic carbocycles. The maximum absolute atomic E-state index is 11.8. The zero-order chi connectivity index (χ0) is 11.5. The molecule has 2 N–H and O–H groups in total. The van der Waals surface area contributed by atoms with Crippen LogP contribution in [-0.4, -0.2) is 24.5 Å². The molecule has 0 spiro atoms. The SMILES string of the molecule is CC1CCCC(C(=O)NCC(C)(C)C)N1. The van der Waals surface area contributed by atoms with Crippen molar-refractivity contribution in [3.8, 4) is 0 Å². The van der Waals surface area contributed by atoms with E-state index in [9.17, 15) is 4.79 Å². The van der Waals surface area contributed by atoms with Gasteiger partial charge >= 0.3 is 0 Å². The number of rotatable bonds is 2. The molecule has 1 aliphatic heterocycles. The highest BCUT2D eigenvalue weighted by Crippen LogP contribution is 2.14. The van der Waals surface area contributed by atoms with Crippen LogP contribution in [0, 0.1) is 5.41 Å². The number of piperidine rings is 1. The van der Waals surface area contributed by atoms with Crippen LogP contribution in [0.2, 0.25) is 0 Å². The van der Waals surface area contributed by atoms with E-state index in [0.717, 1.165) is 19.4 Å². The fourth-order valence-electron chi connectivity index (χ4n) is 1.82. The zero-order valence-corrected chi connectivity index (χ0v) is 10.4. The standard InChI is InChI=1S/C12H24N2O/c1-9-6-5-7-10(14-9)11(15)13-8-12(2,3)4/h9-10,14H,5-8H2,1-4H3,(H,13,15). The minimum Gasteiger partial charge on any atom is -0.354 e. The van der Waals surface area contributed by atoms with Gasteiger partial charge in [0.15, 0.2) is 0 Å². The molecule has 0 aromatic carbocycles. The summed E-state index contributed by atoms with van der Waals surface area (Å²) in [4.78, 5) is 11.8. The Bertz CT molecular complexity index is 220. The Balaban J connectivity index is 2.33. The van der Waals surface area contributed by atoms with Crippen molar-refractivity contribution in [3.63, 3.8) is 0 Å². The van der Waals surface area contributed by atoms with E-state index in [4.69, 9.17) is 0 Å². The Morgan fingerprint density at radius 2 is 2.07 bits per heavy atom. The molecule has 0 radical (unpaired) electrons. The predicted molar refractivity (Wildman–Crippen MR) is 62.7 cm³/mol. The van der Waals surface area contributed by atoms with Crippen LogP contribution < -0.4 is 10.6 Å². The van der Waals surface area contributed by atoms with E-state index in [2.05, 4.69) is 38.3 Å². The molecule has 1 aliphatic rings. The number of nitrogens with one attached hydrogen (secondary N) is 2. The van der Waals surface area contributed by atoms with Crippen LogP contribution in [0.5, 0.6) is 0 Å². The summed E-state index contributed by atoms with van der Waals surface area (Å²) in [5, 5.41) is 6.35. The van der Waals surface area contributed by atoms with Crippen molar-refractivity contribution in [3.05, 3.63) is 0 Å². The molecule has 1 heterocycles. The summed E-state index contributed by atoms with van der Waals surface area (Å²) >= 11 is 0. The largest absolute Gasteiger partial charge is 0.354 e. The molecule has 3 heteroatoms. The van der Waals surface area contributed by atoms with Crippen LogP contribution in [0.1, 0.15) is 47.0 Å². The van der Waals surface area contributed by atoms with Gasteiger partial charge in [-0.2, -0.15) is 0 Å². The summed E-state index contributed by atoms with van der Waals surface area (Å²) in [6.07, 6.45) is 3.31. The van der Waals surface area contributed by atoms with Crippen molar-refractivity contribution in [2.75, 3.05) is 6.54 Å². The van der Waals surface area contributed by atoms with Crippen molar-refractivity contribution in [2.24, 2.45) is 5.41 Å². The smallest absolute Gasteiger partial charge is 0.237 e. The molecule has 3 nitrogen and oxygen atoms in total. The van der Waals surface area contributed by atoms with Crippen molar-refractivity contribution in [1.82, 2.24) is 10.6 Å². The van der Waals surface area contributed by atoms with E-state index < -0.39 is 0 Å². The first-order chi connectivity index (χ1) is 6.88. The highest BCUT2D eigenvalue weighted by molar-refractivity contribution is 5.81. The van der Waals surface area contributed by atoms with Crippen LogP contribution in [0.15, 0.2) is 0 Å². The highest BCUT2D eigenvalue weighted by Gasteiger charge is 2.24. The van der Waals surface area contributed by atoms with Crippen LogP contribution >= 0.6 is 0 Å². The van der Waals surface area contributed by atoms with Crippen molar-refractivity contribution >= 4 is 5.91 Å². The third-order valence-electron chi connectivity index (χ3n) is 2.73. The molecule has 0 bridgehead atoms. The molecule has 2 atom stereocenters. The lowest BCUT2D eigenvalue weighted by Crippen LogP contribution is -2.51. The molecule has 0 aromatic rings. The Morgan fingerprint density at radius 3 is 2.60 bits per heavy atom. The van der Waals surface area contributed by atoms with E-state index in [1.807, 2.05) is 0 Å². The van der Waals surface area contributed by atoms with Gasteiger partial charge in [0.25, 0.3) is 0 Å². The molecule has 1 rings (SSSR count). The molecular formula is C12H24N2O. The fraction of sp³-hybridized carbons (Fsp3) is 0.917. The van der Waals surface area contributed by atoms with Crippen LogP contribution in [0.3, 0.4) is 0 Å². The van der Waals surface area contributed by atoms with Crippen LogP contribution in [-0.2, 0) is 4.79 Å². The van der Waals surface area contributed by atoms with Gasteiger partial charge in [-0.05, 0) is 31.6 Å². The lowest BCUT2D eigenvalue weighted by atomic mass is 9.95. The number of hydrogen-bond donors (Lipinski definition) is 2. The number of amides is 1. The Kier molecular flexibility index (Phi) is 4.14. The van der Waals surface area contributed by atoms with Gasteiger partial charge in [0.1, 0.15) is 0 Å². The summed E-state index contributed by atoms with van der Waals surface area (Å²) in [5.74, 6) is 0.163. The average molecular weight is 212 g/mol. The van der Waals surface area contributed by atoms with Gasteiger partial charge in [-0.15, -0.1) is 0 Å². The Morgan fingerprint density at radius 1 is 1.40 bits per heavy atom. The molecule has 15 heavy (non-hydrogen) atoms. The monoisotopic (exact) mass is 212 g/mol. The van der Waals surface area contributed by atoms with E-state index in [1.54, 1.807) is 0 Å². The van der Waals surface area contributed by atoms with E-state index >= 15 is 0 Å². The lowest BCUT2D eigenvalue weighted by Gasteiger charge is -2.29. The third kappa shape index (κ3) is 4.65. The van der Waals surface area contributed by atoms with Gasteiger partial charge in [0, 0.05) is 12.6 Å². The second kappa shape index (κ2) is 4.97. The number of carbonyl (C=O) groups is 1. The van der Waals surface area contributed by atoms with Gasteiger partial charge in [-0.25, -0.2) is 0 Å². The number of hydrogen-bond acceptors (Lipinski definition) is 2. The fourth-order valence-corrected chi connectivity index (χ4v) is 1.82. The van der Waals surface area contributed by atoms with E-state index in [-0.39, 0.29) is 17.4 Å². The van der Waals surface area contributed by atoms with Gasteiger partial charge in [0.05, 0.1) is 6.04 Å². The third-order valence-corrected chi connectivity index (χ3v) is 2.73. The normalized spacial score (nSPS) is 27.5. The molecule has 1 fully saturated rings. The zero-order valence-electron chi connectivity index (χ0n) is 10.4. The minimum atomic E-state index is 0.0242. The molecular weight excluding hydrogens is 188 g/mol. The molecule has 0 aromatic heterocycles. The minimum absolute atomic E-state index is 0.0242. The first-order valence-corrected chi connectivity index (χ1v) is 5.92. The van der Waals surface area contributed by atoms with Crippen LogP contribution in [0.4, 0.5) is 0 Å². The summed E-state index contributed by atoms with van der Waals surface area (Å²) in [7, 11) is 0. The van der Waals surface area contributed by atoms with Crippen LogP contribution in [0.25, 0.3) is 0 Å². The van der Waals surface area contributed by atoms with Crippen molar-refractivity contribution in [1.29, 1.82) is 0 Å². The number of carbonyl (C=O) groups excluding carboxylic acids is 1. The van der Waals surface area contributed by atoms with Crippen molar-refractivity contribution in [2.45, 2.75) is 59.0 Å². The Labute approximate surface area is 93.0 Å². The Hall–Kier alpha value is -0.570. The van der Waals surface area contributed by atoms with Gasteiger partial charge < -0.3 is 10.6 Å². The molecule has 1 saturated heterocycles. The summed E-state index contributed by atoms with van der Waals surface area (Å²) < 4.78 is 0. The first kappa shape index (κ1) is 12.5. The highest BCUT2D eigenvalue weighted by atomic mass is 16.2. The summed E-state index contributed by atoms with van der Waals surface area (Å²) in [6, 6.07) is 0.500. The molecule has 2 unspecified atom stereocenters. The predicted octanol–water partition coefficient (Wildman–Crippen LogP) is 1.68. The van der Waals surface area contributed by atoms with Gasteiger partial charge in [-0.3, -0.25) is 4.79 Å². The van der Waals surface area contributed by atoms with Crippen molar-refractivity contribution < 1.29 is 4.79 Å². The molecule has 1 amide bonds. The molecule has 0 saturated carbocycles. The second-order valence-corrected chi connectivity index (χ2v) is 5.83. The quantitative estimate of drug-likeness (QED) is 0.731. The van der Waals surface area contributed by atoms with E-state index in [0.29, 0.717) is 6.04 Å². The van der Waals surface area contributed by atoms with Gasteiger partial charge in [-0.1, -0.05) is 20.8 Å². The summed E-state index contributed by atoms with van der Waals surface area (Å²) in [6.45, 7) is 9.28. The summed E-state index contributed by atoms with van der Waals surface area (Å²) in [5.41, 5.74) is 0.163. The maximum Gasteiger partial charge on any atom is 0.237 e. The average Bonchev–Trinajstić information content (AvgIpc) is 2.13. The first-order valence-electron chi connectivity index (χ1n) is 5.92. The van der Waals surface area contributed by atoms with E-state index in [1.165, 1.54) is 6.42 Å². The lowest BCUT2D eigenvalue weighted by molar-refractivity contribution is -0.124. The van der Waals surface area contributed by atoms with Gasteiger partial charge in [0.2, 0.25) is 5.91 Å².